The number of hydrogen-bond acceptors (Lipinski definition) is 2. The molecule has 1 saturated carbocycles. The average Bonchev–Trinajstić information content (AvgIpc) is 3.17. The van der Waals surface area contributed by atoms with Crippen molar-refractivity contribution in [2.75, 3.05) is 11.9 Å². The first-order valence-electron chi connectivity index (χ1n) is 7.31. The molecule has 1 aromatic rings. The van der Waals surface area contributed by atoms with Crippen LogP contribution in [-0.4, -0.2) is 18.4 Å². The molecule has 1 aromatic carbocycles. The van der Waals surface area contributed by atoms with Crippen LogP contribution in [0.1, 0.15) is 43.5 Å². The van der Waals surface area contributed by atoms with E-state index in [4.69, 9.17) is 0 Å². The molecule has 2 rings (SSSR count). The van der Waals surface area contributed by atoms with Crippen LogP contribution in [0.5, 0.6) is 0 Å². The summed E-state index contributed by atoms with van der Waals surface area (Å²) in [4.78, 5) is 23.6. The number of benzene rings is 1. The lowest BCUT2D eigenvalue weighted by Gasteiger charge is -2.07. The fraction of sp³-hybridized carbons (Fsp3) is 0.500. The zero-order chi connectivity index (χ0) is 14.5. The van der Waals surface area contributed by atoms with E-state index in [2.05, 4.69) is 24.5 Å². The highest BCUT2D eigenvalue weighted by atomic mass is 16.2. The van der Waals surface area contributed by atoms with Crippen LogP contribution in [0.25, 0.3) is 0 Å². The molecule has 2 N–H and O–H groups in total. The van der Waals surface area contributed by atoms with Crippen LogP contribution in [0.3, 0.4) is 0 Å². The van der Waals surface area contributed by atoms with Crippen molar-refractivity contribution < 1.29 is 9.59 Å². The molecule has 0 spiro atoms. The molecule has 0 saturated heterocycles. The van der Waals surface area contributed by atoms with Gasteiger partial charge in [-0.2, -0.15) is 0 Å². The van der Waals surface area contributed by atoms with Crippen molar-refractivity contribution in [2.24, 2.45) is 11.8 Å². The van der Waals surface area contributed by atoms with E-state index in [-0.39, 0.29) is 17.7 Å². The predicted molar refractivity (Wildman–Crippen MR) is 79.6 cm³/mol. The number of anilines is 1. The Morgan fingerprint density at radius 3 is 2.45 bits per heavy atom. The number of amides is 2. The molecule has 4 heteroatoms. The van der Waals surface area contributed by atoms with Gasteiger partial charge in [0, 0.05) is 23.7 Å². The van der Waals surface area contributed by atoms with Gasteiger partial charge in [0.25, 0.3) is 5.91 Å². The summed E-state index contributed by atoms with van der Waals surface area (Å²) >= 11 is 0. The van der Waals surface area contributed by atoms with Crippen LogP contribution in [0.15, 0.2) is 24.3 Å². The number of carbonyl (C=O) groups is 2. The highest BCUT2D eigenvalue weighted by Crippen LogP contribution is 2.38. The Morgan fingerprint density at radius 2 is 1.90 bits per heavy atom. The molecule has 20 heavy (non-hydrogen) atoms. The van der Waals surface area contributed by atoms with Crippen LogP contribution in [0, 0.1) is 11.8 Å². The van der Waals surface area contributed by atoms with Crippen LogP contribution >= 0.6 is 0 Å². The normalized spacial score (nSPS) is 20.3. The second-order valence-corrected chi connectivity index (χ2v) is 5.50. The Bertz CT molecular complexity index is 482. The molecule has 0 aliphatic heterocycles. The third-order valence-corrected chi connectivity index (χ3v) is 3.68. The first-order chi connectivity index (χ1) is 9.61. The van der Waals surface area contributed by atoms with Gasteiger partial charge in [-0.1, -0.05) is 20.3 Å². The second-order valence-electron chi connectivity index (χ2n) is 5.50. The van der Waals surface area contributed by atoms with Gasteiger partial charge in [-0.15, -0.1) is 0 Å². The maximum Gasteiger partial charge on any atom is 0.251 e. The zero-order valence-electron chi connectivity index (χ0n) is 12.1. The molecule has 1 aliphatic rings. The number of unbranched alkanes of at least 4 members (excludes halogenated alkanes) is 1. The number of carbonyl (C=O) groups excluding carboxylic acids is 2. The minimum Gasteiger partial charge on any atom is -0.352 e. The van der Waals surface area contributed by atoms with Crippen LogP contribution in [0.4, 0.5) is 5.69 Å². The van der Waals surface area contributed by atoms with E-state index in [1.54, 1.807) is 24.3 Å². The van der Waals surface area contributed by atoms with Crippen molar-refractivity contribution in [3.8, 4) is 0 Å². The van der Waals surface area contributed by atoms with Crippen molar-refractivity contribution in [1.29, 1.82) is 0 Å². The highest BCUT2D eigenvalue weighted by molar-refractivity contribution is 5.96. The molecular formula is C16H22N2O2. The minimum atomic E-state index is -0.0628. The first-order valence-corrected chi connectivity index (χ1v) is 7.31. The van der Waals surface area contributed by atoms with E-state index >= 15 is 0 Å². The summed E-state index contributed by atoms with van der Waals surface area (Å²) in [6.07, 6.45) is 3.02. The standard InChI is InChI=1S/C16H22N2O2/c1-3-4-9-17-15(19)12-5-7-13(8-6-12)18-16(20)14-10-11(14)2/h5-8,11,14H,3-4,9-10H2,1-2H3,(H,17,19)(H,18,20). The largest absolute Gasteiger partial charge is 0.352 e. The van der Waals surface area contributed by atoms with Crippen molar-refractivity contribution >= 4 is 17.5 Å². The topological polar surface area (TPSA) is 58.2 Å². The van der Waals surface area contributed by atoms with Crippen LogP contribution < -0.4 is 10.6 Å². The van der Waals surface area contributed by atoms with Crippen LogP contribution in [-0.2, 0) is 4.79 Å². The van der Waals surface area contributed by atoms with Crippen LogP contribution in [0.2, 0.25) is 0 Å². The molecule has 2 atom stereocenters. The summed E-state index contributed by atoms with van der Waals surface area (Å²) in [6, 6.07) is 7.04. The summed E-state index contributed by atoms with van der Waals surface area (Å²) in [5.74, 6) is 0.676. The van der Waals surface area contributed by atoms with Gasteiger partial charge in [-0.3, -0.25) is 9.59 Å². The third kappa shape index (κ3) is 3.83. The van der Waals surface area contributed by atoms with E-state index in [9.17, 15) is 9.59 Å². The smallest absolute Gasteiger partial charge is 0.251 e. The van der Waals surface area contributed by atoms with Gasteiger partial charge in [0.1, 0.15) is 0 Å². The maximum atomic E-state index is 11.8. The van der Waals surface area contributed by atoms with Gasteiger partial charge in [0.2, 0.25) is 5.91 Å². The van der Waals surface area contributed by atoms with Crippen molar-refractivity contribution in [1.82, 2.24) is 5.32 Å². The Balaban J connectivity index is 1.86. The Labute approximate surface area is 119 Å². The lowest BCUT2D eigenvalue weighted by atomic mass is 10.2. The molecule has 0 aromatic heterocycles. The van der Waals surface area contributed by atoms with E-state index in [1.807, 2.05) is 0 Å². The number of rotatable bonds is 6. The minimum absolute atomic E-state index is 0.0628. The van der Waals surface area contributed by atoms with E-state index in [0.717, 1.165) is 24.9 Å². The van der Waals surface area contributed by atoms with Crippen molar-refractivity contribution in [3.05, 3.63) is 29.8 Å². The van der Waals surface area contributed by atoms with Gasteiger partial charge in [-0.05, 0) is 43.0 Å². The molecule has 108 valence electrons. The summed E-state index contributed by atoms with van der Waals surface area (Å²) in [6.45, 7) is 4.87. The van der Waals surface area contributed by atoms with Gasteiger partial charge in [-0.25, -0.2) is 0 Å². The Kier molecular flexibility index (Phi) is 4.77. The van der Waals surface area contributed by atoms with Gasteiger partial charge in [0.05, 0.1) is 0 Å². The van der Waals surface area contributed by atoms with Crippen molar-refractivity contribution in [2.45, 2.75) is 33.1 Å². The van der Waals surface area contributed by atoms with Gasteiger partial charge in [0.15, 0.2) is 0 Å². The van der Waals surface area contributed by atoms with Gasteiger partial charge >= 0.3 is 0 Å². The molecule has 2 unspecified atom stereocenters. The molecular weight excluding hydrogens is 252 g/mol. The number of hydrogen-bond donors (Lipinski definition) is 2. The third-order valence-electron chi connectivity index (χ3n) is 3.68. The fourth-order valence-electron chi connectivity index (χ4n) is 2.11. The average molecular weight is 274 g/mol. The predicted octanol–water partition coefficient (Wildman–Crippen LogP) is 2.81. The molecule has 2 amide bonds. The zero-order valence-corrected chi connectivity index (χ0v) is 12.1. The lowest BCUT2D eigenvalue weighted by molar-refractivity contribution is -0.117. The highest BCUT2D eigenvalue weighted by Gasteiger charge is 2.38. The lowest BCUT2D eigenvalue weighted by Crippen LogP contribution is -2.24. The van der Waals surface area contributed by atoms with E-state index in [1.165, 1.54) is 0 Å². The first kappa shape index (κ1) is 14.6. The molecule has 0 heterocycles. The molecule has 1 aliphatic carbocycles. The Morgan fingerprint density at radius 1 is 1.25 bits per heavy atom. The maximum absolute atomic E-state index is 11.8. The Hall–Kier alpha value is -1.84. The van der Waals surface area contributed by atoms with E-state index in [0.29, 0.717) is 18.0 Å². The molecule has 0 radical (unpaired) electrons. The quantitative estimate of drug-likeness (QED) is 0.784. The number of nitrogens with one attached hydrogen (secondary N) is 2. The molecule has 0 bridgehead atoms. The van der Waals surface area contributed by atoms with E-state index < -0.39 is 0 Å². The summed E-state index contributed by atoms with van der Waals surface area (Å²) in [7, 11) is 0. The molecule has 4 nitrogen and oxygen atoms in total. The van der Waals surface area contributed by atoms with Gasteiger partial charge < -0.3 is 10.6 Å². The summed E-state index contributed by atoms with van der Waals surface area (Å²) in [5, 5.41) is 5.75. The van der Waals surface area contributed by atoms with Crippen molar-refractivity contribution in [3.63, 3.8) is 0 Å². The monoisotopic (exact) mass is 274 g/mol. The summed E-state index contributed by atoms with van der Waals surface area (Å²) < 4.78 is 0. The molecule has 1 fully saturated rings. The summed E-state index contributed by atoms with van der Waals surface area (Å²) in [5.41, 5.74) is 1.37. The second kappa shape index (κ2) is 6.55. The fourth-order valence-corrected chi connectivity index (χ4v) is 2.11. The SMILES string of the molecule is CCCCNC(=O)c1ccc(NC(=O)C2CC2C)cc1.